The van der Waals surface area contributed by atoms with E-state index in [1.165, 1.54) is 0 Å². The van der Waals surface area contributed by atoms with Gasteiger partial charge in [0.1, 0.15) is 0 Å². The Morgan fingerprint density at radius 3 is 2.69 bits per heavy atom. The van der Waals surface area contributed by atoms with Gasteiger partial charge in [0, 0.05) is 28.0 Å². The molecule has 0 aliphatic heterocycles. The van der Waals surface area contributed by atoms with Crippen LogP contribution in [0.1, 0.15) is 26.7 Å². The predicted octanol–water partition coefficient (Wildman–Crippen LogP) is 2.99. The van der Waals surface area contributed by atoms with Gasteiger partial charge in [-0.15, -0.1) is 0 Å². The van der Waals surface area contributed by atoms with Crippen molar-refractivity contribution in [3.05, 3.63) is 22.7 Å². The number of nitrogen functional groups attached to an aromatic ring is 1. The Hall–Kier alpha value is -0.740. The molecule has 16 heavy (non-hydrogen) atoms. The van der Waals surface area contributed by atoms with Crippen LogP contribution in [0.2, 0.25) is 0 Å². The summed E-state index contributed by atoms with van der Waals surface area (Å²) >= 11 is 3.48. The minimum absolute atomic E-state index is 0.0899. The van der Waals surface area contributed by atoms with Crippen LogP contribution in [0, 0.1) is 0 Å². The SMILES string of the molecule is CCC(C)(CCO)Nc1ccc(N)cc1Br. The van der Waals surface area contributed by atoms with Crippen molar-refractivity contribution in [2.24, 2.45) is 0 Å². The molecule has 4 N–H and O–H groups in total. The minimum Gasteiger partial charge on any atom is -0.399 e. The number of benzene rings is 1. The topological polar surface area (TPSA) is 58.3 Å². The molecule has 3 nitrogen and oxygen atoms in total. The van der Waals surface area contributed by atoms with Crippen molar-refractivity contribution in [3.8, 4) is 0 Å². The lowest BCUT2D eigenvalue weighted by Gasteiger charge is -2.30. The summed E-state index contributed by atoms with van der Waals surface area (Å²) in [5.41, 5.74) is 7.34. The van der Waals surface area contributed by atoms with E-state index in [0.717, 1.165) is 28.7 Å². The van der Waals surface area contributed by atoms with E-state index in [0.29, 0.717) is 0 Å². The van der Waals surface area contributed by atoms with Gasteiger partial charge in [0.15, 0.2) is 0 Å². The van der Waals surface area contributed by atoms with Crippen molar-refractivity contribution >= 4 is 27.3 Å². The van der Waals surface area contributed by atoms with Gasteiger partial charge >= 0.3 is 0 Å². The lowest BCUT2D eigenvalue weighted by atomic mass is 9.94. The van der Waals surface area contributed by atoms with Crippen molar-refractivity contribution in [2.45, 2.75) is 32.2 Å². The monoisotopic (exact) mass is 286 g/mol. The van der Waals surface area contributed by atoms with Crippen molar-refractivity contribution < 1.29 is 5.11 Å². The highest BCUT2D eigenvalue weighted by molar-refractivity contribution is 9.10. The first-order valence-electron chi connectivity index (χ1n) is 5.45. The van der Waals surface area contributed by atoms with Crippen LogP contribution in [0.25, 0.3) is 0 Å². The van der Waals surface area contributed by atoms with E-state index in [9.17, 15) is 0 Å². The highest BCUT2D eigenvalue weighted by Gasteiger charge is 2.21. The predicted molar refractivity (Wildman–Crippen MR) is 72.6 cm³/mol. The van der Waals surface area contributed by atoms with Crippen molar-refractivity contribution in [3.63, 3.8) is 0 Å². The average molecular weight is 287 g/mol. The largest absolute Gasteiger partial charge is 0.399 e. The van der Waals surface area contributed by atoms with Crippen LogP contribution in [0.3, 0.4) is 0 Å². The number of nitrogens with one attached hydrogen (secondary N) is 1. The fourth-order valence-electron chi connectivity index (χ4n) is 1.53. The van der Waals surface area contributed by atoms with E-state index in [4.69, 9.17) is 10.8 Å². The molecule has 1 unspecified atom stereocenters. The Kier molecular flexibility index (Phi) is 4.62. The third kappa shape index (κ3) is 3.39. The van der Waals surface area contributed by atoms with Gasteiger partial charge in [0.25, 0.3) is 0 Å². The molecule has 90 valence electrons. The molecule has 4 heteroatoms. The summed E-state index contributed by atoms with van der Waals surface area (Å²) in [4.78, 5) is 0. The second-order valence-electron chi connectivity index (χ2n) is 4.25. The molecule has 1 aromatic rings. The maximum absolute atomic E-state index is 9.05. The van der Waals surface area contributed by atoms with Gasteiger partial charge in [-0.3, -0.25) is 0 Å². The minimum atomic E-state index is -0.0899. The Balaban J connectivity index is 2.85. The molecule has 0 aromatic heterocycles. The lowest BCUT2D eigenvalue weighted by Crippen LogP contribution is -2.35. The summed E-state index contributed by atoms with van der Waals surface area (Å²) in [6.45, 7) is 4.39. The average Bonchev–Trinajstić information content (AvgIpc) is 2.23. The van der Waals surface area contributed by atoms with Gasteiger partial charge in [0.05, 0.1) is 0 Å². The zero-order valence-corrected chi connectivity index (χ0v) is 11.3. The Labute approximate surface area is 105 Å². The van der Waals surface area contributed by atoms with Gasteiger partial charge in [-0.05, 0) is 53.9 Å². The molecular formula is C12H19BrN2O. The number of rotatable bonds is 5. The molecule has 0 fully saturated rings. The maximum atomic E-state index is 9.05. The van der Waals surface area contributed by atoms with Crippen molar-refractivity contribution in [1.82, 2.24) is 0 Å². The number of hydrogen-bond acceptors (Lipinski definition) is 3. The first-order chi connectivity index (χ1) is 7.50. The third-order valence-corrected chi connectivity index (χ3v) is 3.53. The number of anilines is 2. The zero-order chi connectivity index (χ0) is 12.2. The van der Waals surface area contributed by atoms with Crippen LogP contribution < -0.4 is 11.1 Å². The fourth-order valence-corrected chi connectivity index (χ4v) is 2.03. The number of aliphatic hydroxyl groups excluding tert-OH is 1. The first-order valence-corrected chi connectivity index (χ1v) is 6.24. The van der Waals surface area contributed by atoms with E-state index >= 15 is 0 Å². The molecule has 1 rings (SSSR count). The number of hydrogen-bond donors (Lipinski definition) is 3. The van der Waals surface area contributed by atoms with Gasteiger partial charge in [0.2, 0.25) is 0 Å². The van der Waals surface area contributed by atoms with Gasteiger partial charge in [-0.25, -0.2) is 0 Å². The second kappa shape index (κ2) is 5.55. The van der Waals surface area contributed by atoms with Crippen LogP contribution in [-0.2, 0) is 0 Å². The molecule has 0 spiro atoms. The molecule has 0 saturated carbocycles. The summed E-state index contributed by atoms with van der Waals surface area (Å²) in [6, 6.07) is 5.68. The summed E-state index contributed by atoms with van der Waals surface area (Å²) in [5.74, 6) is 0. The van der Waals surface area contributed by atoms with Gasteiger partial charge in [-0.2, -0.15) is 0 Å². The molecule has 0 radical (unpaired) electrons. The molecule has 0 aliphatic rings. The van der Waals surface area contributed by atoms with E-state index in [1.807, 2.05) is 18.2 Å². The Bertz CT molecular complexity index is 357. The first kappa shape index (κ1) is 13.3. The smallest absolute Gasteiger partial charge is 0.0490 e. The van der Waals surface area contributed by atoms with Crippen LogP contribution in [-0.4, -0.2) is 17.3 Å². The maximum Gasteiger partial charge on any atom is 0.0490 e. The third-order valence-electron chi connectivity index (χ3n) is 2.87. The van der Waals surface area contributed by atoms with E-state index in [2.05, 4.69) is 35.1 Å². The molecule has 0 bridgehead atoms. The lowest BCUT2D eigenvalue weighted by molar-refractivity contribution is 0.252. The molecule has 0 saturated heterocycles. The van der Waals surface area contributed by atoms with Crippen LogP contribution >= 0.6 is 15.9 Å². The molecule has 0 aliphatic carbocycles. The van der Waals surface area contributed by atoms with E-state index in [1.54, 1.807) is 0 Å². The molecule has 1 aromatic carbocycles. The van der Waals surface area contributed by atoms with Crippen molar-refractivity contribution in [1.29, 1.82) is 0 Å². The summed E-state index contributed by atoms with van der Waals surface area (Å²) in [7, 11) is 0. The highest BCUT2D eigenvalue weighted by Crippen LogP contribution is 2.29. The van der Waals surface area contributed by atoms with Crippen LogP contribution in [0.5, 0.6) is 0 Å². The Morgan fingerprint density at radius 2 is 2.19 bits per heavy atom. The van der Waals surface area contributed by atoms with Crippen LogP contribution in [0.15, 0.2) is 22.7 Å². The van der Waals surface area contributed by atoms with Crippen LogP contribution in [0.4, 0.5) is 11.4 Å². The number of nitrogens with two attached hydrogens (primary N) is 1. The Morgan fingerprint density at radius 1 is 1.50 bits per heavy atom. The van der Waals surface area contributed by atoms with Gasteiger partial charge < -0.3 is 16.2 Å². The number of aliphatic hydroxyl groups is 1. The molecular weight excluding hydrogens is 268 g/mol. The van der Waals surface area contributed by atoms with E-state index in [-0.39, 0.29) is 12.1 Å². The molecule has 1 atom stereocenters. The van der Waals surface area contributed by atoms with E-state index < -0.39 is 0 Å². The summed E-state index contributed by atoms with van der Waals surface area (Å²) < 4.78 is 0.949. The summed E-state index contributed by atoms with van der Waals surface area (Å²) in [5, 5.41) is 12.5. The normalized spacial score (nSPS) is 14.5. The standard InChI is InChI=1S/C12H19BrN2O/c1-3-12(2,6-7-16)15-11-5-4-9(14)8-10(11)13/h4-5,8,15-16H,3,6-7,14H2,1-2H3. The molecule has 0 heterocycles. The highest BCUT2D eigenvalue weighted by atomic mass is 79.9. The quantitative estimate of drug-likeness (QED) is 0.730. The van der Waals surface area contributed by atoms with Crippen molar-refractivity contribution in [2.75, 3.05) is 17.7 Å². The second-order valence-corrected chi connectivity index (χ2v) is 5.11. The summed E-state index contributed by atoms with van der Waals surface area (Å²) in [6.07, 6.45) is 1.67. The fraction of sp³-hybridized carbons (Fsp3) is 0.500. The zero-order valence-electron chi connectivity index (χ0n) is 9.76. The molecule has 0 amide bonds. The number of halogens is 1. The van der Waals surface area contributed by atoms with Gasteiger partial charge in [-0.1, -0.05) is 6.92 Å².